The van der Waals surface area contributed by atoms with Gasteiger partial charge in [-0.2, -0.15) is 0 Å². The van der Waals surface area contributed by atoms with Crippen molar-refractivity contribution in [2.24, 2.45) is 0 Å². The Kier molecular flexibility index (Phi) is 19.0. The van der Waals surface area contributed by atoms with E-state index in [4.69, 9.17) is 0 Å². The number of hydrogen-bond acceptors (Lipinski definition) is 2. The fraction of sp³-hybridized carbons (Fsp3) is 0.913. The van der Waals surface area contributed by atoms with E-state index in [0.717, 1.165) is 0 Å². The van der Waals surface area contributed by atoms with Gasteiger partial charge in [0.15, 0.2) is 0 Å². The molecule has 0 rings (SSSR count). The van der Waals surface area contributed by atoms with Crippen molar-refractivity contribution in [1.29, 1.82) is 0 Å². The fourth-order valence-corrected chi connectivity index (χ4v) is 4.11. The molecule has 0 aliphatic rings. The Balaban J connectivity index is 4.95. The minimum atomic E-state index is 1.25. The van der Waals surface area contributed by atoms with Gasteiger partial charge in [-0.05, 0) is 31.7 Å². The molecule has 2 nitrogen and oxygen atoms in total. The van der Waals surface area contributed by atoms with Crippen LogP contribution in [0, 0.1) is 0 Å². The number of rotatable bonds is 19. The highest BCUT2D eigenvalue weighted by Crippen LogP contribution is 2.15. The van der Waals surface area contributed by atoms with Crippen LogP contribution in [0.4, 0.5) is 0 Å². The van der Waals surface area contributed by atoms with Crippen LogP contribution in [0.15, 0.2) is 11.9 Å². The fourth-order valence-electron chi connectivity index (χ4n) is 3.48. The van der Waals surface area contributed by atoms with E-state index in [-0.39, 0.29) is 0 Å². The Morgan fingerprint density at radius 2 is 1.00 bits per heavy atom. The zero-order valence-electron chi connectivity index (χ0n) is 19.0. The molecule has 0 heterocycles. The summed E-state index contributed by atoms with van der Waals surface area (Å²) in [6.07, 6.45) is 18.7. The molecule has 0 radical (unpaired) electrons. The lowest BCUT2D eigenvalue weighted by Crippen LogP contribution is -2.29. The van der Waals surface area contributed by atoms with E-state index < -0.39 is 0 Å². The molecule has 0 aliphatic heterocycles. The monoisotopic (exact) mass is 382 g/mol. The van der Waals surface area contributed by atoms with Gasteiger partial charge in [0.2, 0.25) is 0 Å². The van der Waals surface area contributed by atoms with E-state index in [1.165, 1.54) is 120 Å². The highest BCUT2D eigenvalue weighted by atomic mass is 28.1. The van der Waals surface area contributed by atoms with Crippen LogP contribution in [0.25, 0.3) is 0 Å². The van der Waals surface area contributed by atoms with Crippen molar-refractivity contribution in [3.63, 3.8) is 0 Å². The van der Waals surface area contributed by atoms with E-state index in [1.54, 1.807) is 5.70 Å². The Morgan fingerprint density at radius 3 is 1.35 bits per heavy atom. The van der Waals surface area contributed by atoms with Crippen LogP contribution in [-0.2, 0) is 0 Å². The van der Waals surface area contributed by atoms with Crippen molar-refractivity contribution in [3.8, 4) is 0 Å². The maximum atomic E-state index is 2.74. The number of hydrogen-bond donors (Lipinski definition) is 0. The molecule has 0 saturated heterocycles. The third-order valence-corrected chi connectivity index (χ3v) is 5.99. The predicted molar refractivity (Wildman–Crippen MR) is 124 cm³/mol. The predicted octanol–water partition coefficient (Wildman–Crippen LogP) is 5.98. The van der Waals surface area contributed by atoms with Crippen molar-refractivity contribution in [3.05, 3.63) is 11.9 Å². The Morgan fingerprint density at radius 1 is 0.615 bits per heavy atom. The van der Waals surface area contributed by atoms with Gasteiger partial charge < -0.3 is 9.80 Å². The topological polar surface area (TPSA) is 6.48 Å². The van der Waals surface area contributed by atoms with Gasteiger partial charge in [0, 0.05) is 48.3 Å². The molecule has 3 heteroatoms. The quantitative estimate of drug-likeness (QED) is 0.200. The summed E-state index contributed by atoms with van der Waals surface area (Å²) in [4.78, 5) is 5.40. The summed E-state index contributed by atoms with van der Waals surface area (Å²) in [6, 6.07) is 1.30. The zero-order chi connectivity index (χ0) is 19.5. The van der Waals surface area contributed by atoms with Crippen LogP contribution >= 0.6 is 0 Å². The van der Waals surface area contributed by atoms with Gasteiger partial charge >= 0.3 is 0 Å². The molecule has 0 fully saturated rings. The Labute approximate surface area is 169 Å². The average Bonchev–Trinajstić information content (AvgIpc) is 2.65. The van der Waals surface area contributed by atoms with Crippen LogP contribution in [0.1, 0.15) is 105 Å². The summed E-state index contributed by atoms with van der Waals surface area (Å²) in [5.74, 6) is 0. The van der Waals surface area contributed by atoms with Gasteiger partial charge in [-0.25, -0.2) is 0 Å². The molecule has 0 saturated carbocycles. The first-order valence-corrected chi connectivity index (χ1v) is 13.3. The average molecular weight is 383 g/mol. The van der Waals surface area contributed by atoms with Crippen molar-refractivity contribution in [2.75, 3.05) is 26.2 Å². The third kappa shape index (κ3) is 13.7. The molecular weight excluding hydrogens is 332 g/mol. The van der Waals surface area contributed by atoms with Crippen LogP contribution < -0.4 is 0 Å². The SMILES string of the molecule is CCCCCN(C=C(C[SiH3])N(CCCCC)CCCCC)CCCCC. The molecule has 0 atom stereocenters. The number of allylic oxidation sites excluding steroid dienone is 1. The molecular formula is C23H50N2Si. The first-order valence-electron chi connectivity index (χ1n) is 11.9. The summed E-state index contributed by atoms with van der Waals surface area (Å²) >= 11 is 0. The van der Waals surface area contributed by atoms with Gasteiger partial charge in [-0.1, -0.05) is 79.1 Å². The van der Waals surface area contributed by atoms with Crippen molar-refractivity contribution in [1.82, 2.24) is 9.80 Å². The lowest BCUT2D eigenvalue weighted by molar-refractivity contribution is 0.300. The normalized spacial score (nSPS) is 11.9. The first kappa shape index (κ1) is 25.6. The molecule has 0 unspecified atom stereocenters. The molecule has 0 bridgehead atoms. The largest absolute Gasteiger partial charge is 0.376 e. The second-order valence-corrected chi connectivity index (χ2v) is 8.53. The van der Waals surface area contributed by atoms with E-state index in [0.29, 0.717) is 0 Å². The van der Waals surface area contributed by atoms with Crippen molar-refractivity contribution >= 4 is 10.2 Å². The third-order valence-electron chi connectivity index (χ3n) is 5.26. The molecule has 0 spiro atoms. The second-order valence-electron chi connectivity index (χ2n) is 7.83. The lowest BCUT2D eigenvalue weighted by atomic mass is 10.2. The van der Waals surface area contributed by atoms with Gasteiger partial charge in [0.05, 0.1) is 0 Å². The smallest absolute Gasteiger partial charge is 0.0258 e. The van der Waals surface area contributed by atoms with Crippen LogP contribution in [0.3, 0.4) is 0 Å². The Hall–Kier alpha value is -0.443. The minimum Gasteiger partial charge on any atom is -0.376 e. The summed E-state index contributed by atoms with van der Waals surface area (Å²) < 4.78 is 0. The second kappa shape index (κ2) is 19.3. The highest BCUT2D eigenvalue weighted by Gasteiger charge is 2.10. The molecule has 156 valence electrons. The number of nitrogens with zero attached hydrogens (tertiary/aromatic N) is 2. The van der Waals surface area contributed by atoms with Crippen LogP contribution in [0.5, 0.6) is 0 Å². The molecule has 0 aromatic heterocycles. The minimum absolute atomic E-state index is 1.25. The molecule has 26 heavy (non-hydrogen) atoms. The summed E-state index contributed by atoms with van der Waals surface area (Å²) in [5.41, 5.74) is 1.64. The standard InChI is InChI=1S/C23H50N2Si/c1-5-9-13-17-24(18-14-10-6-2)21-23(22-26)25(19-15-11-7-3)20-16-12-8-4/h21H,5-20,22H2,1-4,26H3. The molecule has 0 aromatic carbocycles. The van der Waals surface area contributed by atoms with E-state index >= 15 is 0 Å². The molecule has 0 amide bonds. The molecule has 0 aliphatic carbocycles. The summed E-state index contributed by atoms with van der Waals surface area (Å²) in [6.45, 7) is 14.3. The van der Waals surface area contributed by atoms with Gasteiger partial charge in [-0.15, -0.1) is 0 Å². The lowest BCUT2D eigenvalue weighted by Gasteiger charge is -2.30. The van der Waals surface area contributed by atoms with Crippen molar-refractivity contribution in [2.45, 2.75) is 111 Å². The first-order chi connectivity index (χ1) is 12.7. The van der Waals surface area contributed by atoms with Crippen LogP contribution in [0.2, 0.25) is 6.04 Å². The zero-order valence-corrected chi connectivity index (χ0v) is 21.0. The molecule has 0 aromatic rings. The van der Waals surface area contributed by atoms with Crippen LogP contribution in [-0.4, -0.2) is 46.2 Å². The summed E-state index contributed by atoms with van der Waals surface area (Å²) in [7, 11) is 1.27. The van der Waals surface area contributed by atoms with E-state index in [9.17, 15) is 0 Å². The highest BCUT2D eigenvalue weighted by molar-refractivity contribution is 6.10. The Bertz CT molecular complexity index is 297. The van der Waals surface area contributed by atoms with Gasteiger partial charge in [0.1, 0.15) is 0 Å². The summed E-state index contributed by atoms with van der Waals surface area (Å²) in [5, 5.41) is 0. The van der Waals surface area contributed by atoms with Crippen molar-refractivity contribution < 1.29 is 0 Å². The molecule has 0 N–H and O–H groups in total. The van der Waals surface area contributed by atoms with E-state index in [1.807, 2.05) is 0 Å². The van der Waals surface area contributed by atoms with E-state index in [2.05, 4.69) is 43.7 Å². The maximum absolute atomic E-state index is 2.74. The van der Waals surface area contributed by atoms with Gasteiger partial charge in [-0.3, -0.25) is 0 Å². The number of unbranched alkanes of at least 4 members (excludes halogenated alkanes) is 8. The maximum Gasteiger partial charge on any atom is 0.0258 e. The van der Waals surface area contributed by atoms with Gasteiger partial charge in [0.25, 0.3) is 0 Å².